The highest BCUT2D eigenvalue weighted by molar-refractivity contribution is 5.75. The first-order valence-corrected chi connectivity index (χ1v) is 8.60. The van der Waals surface area contributed by atoms with E-state index >= 15 is 0 Å². The van der Waals surface area contributed by atoms with Crippen molar-refractivity contribution in [2.24, 2.45) is 5.92 Å². The van der Waals surface area contributed by atoms with Gasteiger partial charge < -0.3 is 9.88 Å². The van der Waals surface area contributed by atoms with Gasteiger partial charge in [0, 0.05) is 31.9 Å². The van der Waals surface area contributed by atoms with E-state index < -0.39 is 0 Å². The number of aromatic nitrogens is 2. The largest absolute Gasteiger partial charge is 0.352 e. The van der Waals surface area contributed by atoms with Crippen molar-refractivity contribution in [2.75, 3.05) is 0 Å². The van der Waals surface area contributed by atoms with Gasteiger partial charge >= 0.3 is 0 Å². The van der Waals surface area contributed by atoms with Gasteiger partial charge in [0.25, 0.3) is 0 Å². The third-order valence-corrected chi connectivity index (χ3v) is 4.69. The van der Waals surface area contributed by atoms with E-state index in [9.17, 15) is 4.79 Å². The lowest BCUT2D eigenvalue weighted by atomic mass is 10.0. The van der Waals surface area contributed by atoms with Crippen LogP contribution in [0, 0.1) is 5.92 Å². The average molecular weight is 311 g/mol. The number of nitrogens with zero attached hydrogens (tertiary/aromatic N) is 2. The Labute approximate surface area is 137 Å². The lowest BCUT2D eigenvalue weighted by Gasteiger charge is -2.10. The molecule has 0 spiro atoms. The summed E-state index contributed by atoms with van der Waals surface area (Å²) in [5, 5.41) is 3.03. The molecule has 0 saturated heterocycles. The van der Waals surface area contributed by atoms with Crippen molar-refractivity contribution in [3.05, 3.63) is 54.1 Å². The van der Waals surface area contributed by atoms with Crippen molar-refractivity contribution in [3.8, 4) is 0 Å². The zero-order valence-electron chi connectivity index (χ0n) is 13.6. The number of benzene rings is 1. The van der Waals surface area contributed by atoms with Gasteiger partial charge in [-0.1, -0.05) is 49.9 Å². The van der Waals surface area contributed by atoms with Gasteiger partial charge in [0.2, 0.25) is 5.91 Å². The zero-order chi connectivity index (χ0) is 15.9. The summed E-state index contributed by atoms with van der Waals surface area (Å²) in [6.07, 6.45) is 12.6. The highest BCUT2D eigenvalue weighted by atomic mass is 16.1. The molecular weight excluding hydrogens is 286 g/mol. The van der Waals surface area contributed by atoms with Gasteiger partial charge in [0.05, 0.1) is 6.33 Å². The molecule has 1 fully saturated rings. The van der Waals surface area contributed by atoms with E-state index in [0.717, 1.165) is 24.4 Å². The van der Waals surface area contributed by atoms with Crippen LogP contribution in [-0.2, 0) is 17.9 Å². The van der Waals surface area contributed by atoms with Gasteiger partial charge in [-0.2, -0.15) is 0 Å². The van der Waals surface area contributed by atoms with E-state index in [1.807, 2.05) is 17.1 Å². The maximum atomic E-state index is 11.9. The van der Waals surface area contributed by atoms with Gasteiger partial charge in [0.1, 0.15) is 0 Å². The molecule has 0 unspecified atom stereocenters. The summed E-state index contributed by atoms with van der Waals surface area (Å²) in [5.41, 5.74) is 2.38. The molecule has 0 radical (unpaired) electrons. The number of carbonyl (C=O) groups excluding carboxylic acids is 1. The summed E-state index contributed by atoms with van der Waals surface area (Å²) in [4.78, 5) is 16.0. The molecule has 2 aromatic rings. The Hall–Kier alpha value is -2.10. The van der Waals surface area contributed by atoms with Gasteiger partial charge in [-0.3, -0.25) is 4.79 Å². The second-order valence-electron chi connectivity index (χ2n) is 6.52. The van der Waals surface area contributed by atoms with Crippen LogP contribution < -0.4 is 5.32 Å². The lowest BCUT2D eigenvalue weighted by Crippen LogP contribution is -2.23. The van der Waals surface area contributed by atoms with Crippen LogP contribution in [-0.4, -0.2) is 15.5 Å². The summed E-state index contributed by atoms with van der Waals surface area (Å²) in [6.45, 7) is 1.45. The van der Waals surface area contributed by atoms with Crippen LogP contribution in [0.15, 0.2) is 43.0 Å². The van der Waals surface area contributed by atoms with Crippen LogP contribution in [0.25, 0.3) is 0 Å². The van der Waals surface area contributed by atoms with E-state index in [2.05, 4.69) is 34.6 Å². The van der Waals surface area contributed by atoms with Crippen molar-refractivity contribution < 1.29 is 4.79 Å². The first-order chi connectivity index (χ1) is 11.3. The summed E-state index contributed by atoms with van der Waals surface area (Å²) in [5.74, 6) is 0.961. The number of hydrogen-bond acceptors (Lipinski definition) is 2. The Balaban J connectivity index is 1.40. The van der Waals surface area contributed by atoms with Crippen LogP contribution in [0.1, 0.15) is 49.7 Å². The SMILES string of the molecule is O=C(CCC1CCCC1)NCc1ccc(Cn2ccnc2)cc1. The molecule has 1 heterocycles. The zero-order valence-corrected chi connectivity index (χ0v) is 13.6. The molecule has 3 rings (SSSR count). The number of nitrogens with one attached hydrogen (secondary N) is 1. The quantitative estimate of drug-likeness (QED) is 0.850. The van der Waals surface area contributed by atoms with Crippen LogP contribution in [0.3, 0.4) is 0 Å². The minimum Gasteiger partial charge on any atom is -0.352 e. The van der Waals surface area contributed by atoms with E-state index in [0.29, 0.717) is 13.0 Å². The van der Waals surface area contributed by atoms with Crippen LogP contribution in [0.4, 0.5) is 0 Å². The van der Waals surface area contributed by atoms with Gasteiger partial charge in [-0.15, -0.1) is 0 Å². The van der Waals surface area contributed by atoms with Gasteiger partial charge in [-0.05, 0) is 23.5 Å². The summed E-state index contributed by atoms with van der Waals surface area (Å²) < 4.78 is 2.04. The molecule has 0 bridgehead atoms. The van der Waals surface area contributed by atoms with Crippen molar-refractivity contribution in [3.63, 3.8) is 0 Å². The first kappa shape index (κ1) is 15.8. The van der Waals surface area contributed by atoms with E-state index in [1.165, 1.54) is 31.2 Å². The molecule has 1 aliphatic carbocycles. The smallest absolute Gasteiger partial charge is 0.220 e. The molecule has 1 saturated carbocycles. The second-order valence-corrected chi connectivity index (χ2v) is 6.52. The minimum absolute atomic E-state index is 0.180. The minimum atomic E-state index is 0.180. The predicted octanol–water partition coefficient (Wildman–Crippen LogP) is 3.52. The Morgan fingerprint density at radius 3 is 2.61 bits per heavy atom. The van der Waals surface area contributed by atoms with Crippen molar-refractivity contribution in [1.82, 2.24) is 14.9 Å². The topological polar surface area (TPSA) is 46.9 Å². The van der Waals surface area contributed by atoms with Gasteiger partial charge in [0.15, 0.2) is 0 Å². The second kappa shape index (κ2) is 7.95. The summed E-state index contributed by atoms with van der Waals surface area (Å²) in [7, 11) is 0. The van der Waals surface area contributed by atoms with E-state index in [4.69, 9.17) is 0 Å². The molecule has 4 nitrogen and oxygen atoms in total. The molecule has 1 amide bonds. The maximum absolute atomic E-state index is 11.9. The summed E-state index contributed by atoms with van der Waals surface area (Å²) in [6, 6.07) is 8.40. The van der Waals surface area contributed by atoms with Crippen LogP contribution >= 0.6 is 0 Å². The fourth-order valence-electron chi connectivity index (χ4n) is 3.28. The van der Waals surface area contributed by atoms with Crippen molar-refractivity contribution in [2.45, 2.75) is 51.6 Å². The van der Waals surface area contributed by atoms with E-state index in [-0.39, 0.29) is 5.91 Å². The van der Waals surface area contributed by atoms with Crippen LogP contribution in [0.5, 0.6) is 0 Å². The molecule has 1 aromatic carbocycles. The maximum Gasteiger partial charge on any atom is 0.220 e. The molecule has 0 aliphatic heterocycles. The molecule has 1 aliphatic rings. The Bertz CT molecular complexity index is 598. The number of imidazole rings is 1. The molecule has 4 heteroatoms. The molecular formula is C19H25N3O. The first-order valence-electron chi connectivity index (χ1n) is 8.60. The third-order valence-electron chi connectivity index (χ3n) is 4.69. The number of hydrogen-bond donors (Lipinski definition) is 1. The molecule has 122 valence electrons. The molecule has 1 aromatic heterocycles. The Morgan fingerprint density at radius 2 is 1.91 bits per heavy atom. The van der Waals surface area contributed by atoms with Crippen molar-refractivity contribution in [1.29, 1.82) is 0 Å². The average Bonchev–Trinajstić information content (AvgIpc) is 3.26. The Morgan fingerprint density at radius 1 is 1.17 bits per heavy atom. The van der Waals surface area contributed by atoms with Crippen LogP contribution in [0.2, 0.25) is 0 Å². The normalized spacial score (nSPS) is 15.0. The predicted molar refractivity (Wildman–Crippen MR) is 90.8 cm³/mol. The standard InChI is InChI=1S/C19H25N3O/c23-19(10-9-16-3-1-2-4-16)21-13-17-5-7-18(8-6-17)14-22-12-11-20-15-22/h5-8,11-12,15-16H,1-4,9-10,13-14H2,(H,21,23). The van der Waals surface area contributed by atoms with Crippen molar-refractivity contribution >= 4 is 5.91 Å². The highest BCUT2D eigenvalue weighted by Crippen LogP contribution is 2.28. The molecule has 1 N–H and O–H groups in total. The molecule has 0 atom stereocenters. The fraction of sp³-hybridized carbons (Fsp3) is 0.474. The monoisotopic (exact) mass is 311 g/mol. The lowest BCUT2D eigenvalue weighted by molar-refractivity contribution is -0.121. The molecule has 23 heavy (non-hydrogen) atoms. The van der Waals surface area contributed by atoms with E-state index in [1.54, 1.807) is 6.20 Å². The fourth-order valence-corrected chi connectivity index (χ4v) is 3.28. The highest BCUT2D eigenvalue weighted by Gasteiger charge is 2.15. The number of rotatable bonds is 7. The number of amides is 1. The third kappa shape index (κ3) is 4.95. The Kier molecular flexibility index (Phi) is 5.46. The number of carbonyl (C=O) groups is 1. The summed E-state index contributed by atoms with van der Waals surface area (Å²) >= 11 is 0. The van der Waals surface area contributed by atoms with Gasteiger partial charge in [-0.25, -0.2) is 4.98 Å².